The fourth-order valence-corrected chi connectivity index (χ4v) is 1.61. The van der Waals surface area contributed by atoms with E-state index in [0.717, 1.165) is 0 Å². The summed E-state index contributed by atoms with van der Waals surface area (Å²) in [4.78, 5) is 11.9. The van der Waals surface area contributed by atoms with Crippen LogP contribution < -0.4 is 10.3 Å². The maximum absolute atomic E-state index is 11.9. The molecule has 1 heterocycles. The van der Waals surface area contributed by atoms with Gasteiger partial charge in [0.2, 0.25) is 0 Å². The first-order valence-electron chi connectivity index (χ1n) is 6.41. The molecule has 4 heteroatoms. The number of hydrogen-bond acceptors (Lipinski definition) is 3. The van der Waals surface area contributed by atoms with Gasteiger partial charge >= 0.3 is 0 Å². The maximum Gasteiger partial charge on any atom is 0.255 e. The van der Waals surface area contributed by atoms with E-state index >= 15 is 0 Å². The summed E-state index contributed by atoms with van der Waals surface area (Å²) in [5.74, 6) is 0.685. The molecule has 0 aliphatic heterocycles. The minimum Gasteiger partial charge on any atom is -0.497 e. The third-order valence-corrected chi connectivity index (χ3v) is 2.48. The third kappa shape index (κ3) is 2.60. The number of rotatable bonds is 4. The summed E-state index contributed by atoms with van der Waals surface area (Å²) in [5.41, 5.74) is 0.658. The van der Waals surface area contributed by atoms with E-state index < -0.39 is 6.56 Å². The number of pyridine rings is 1. The summed E-state index contributed by atoms with van der Waals surface area (Å²) in [6, 6.07) is 9.67. The second-order valence-electron chi connectivity index (χ2n) is 3.63. The van der Waals surface area contributed by atoms with Crippen molar-refractivity contribution in [3.05, 3.63) is 58.5 Å². The van der Waals surface area contributed by atoms with Crippen LogP contribution in [0.4, 0.5) is 0 Å². The Morgan fingerprint density at radius 1 is 1.17 bits per heavy atom. The fourth-order valence-electron chi connectivity index (χ4n) is 1.61. The maximum atomic E-state index is 11.9. The topological polar surface area (TPSA) is 40.5 Å². The molecule has 2 rings (SSSR count). The van der Waals surface area contributed by atoms with E-state index in [1.165, 1.54) is 30.0 Å². The average molecular weight is 247 g/mol. The van der Waals surface area contributed by atoms with Gasteiger partial charge in [0.05, 0.1) is 16.4 Å². The highest BCUT2D eigenvalue weighted by atomic mass is 16.5. The molecule has 0 aliphatic carbocycles. The van der Waals surface area contributed by atoms with Crippen LogP contribution in [-0.4, -0.2) is 18.8 Å². The number of methoxy groups -OCH3 is 2. The van der Waals surface area contributed by atoms with Crippen molar-refractivity contribution >= 4 is 0 Å². The van der Waals surface area contributed by atoms with Crippen LogP contribution in [0.15, 0.2) is 47.4 Å². The molecule has 18 heavy (non-hydrogen) atoms. The minimum atomic E-state index is -1.94. The monoisotopic (exact) mass is 247 g/mol. The lowest BCUT2D eigenvalue weighted by molar-refractivity contribution is 0.184. The van der Waals surface area contributed by atoms with Gasteiger partial charge in [0.25, 0.3) is 5.56 Å². The van der Waals surface area contributed by atoms with E-state index in [1.807, 2.05) is 0 Å². The third-order valence-electron chi connectivity index (χ3n) is 2.48. The van der Waals surface area contributed by atoms with E-state index in [9.17, 15) is 4.79 Å². The zero-order valence-corrected chi connectivity index (χ0v) is 10.2. The lowest BCUT2D eigenvalue weighted by atomic mass is 10.2. The van der Waals surface area contributed by atoms with Crippen molar-refractivity contribution in [3.8, 4) is 11.4 Å². The fraction of sp³-hybridized carbons (Fsp3) is 0.214. The van der Waals surface area contributed by atoms with E-state index in [-0.39, 0.29) is 11.1 Å². The molecule has 0 radical (unpaired) electrons. The quantitative estimate of drug-likeness (QED) is 0.829. The van der Waals surface area contributed by atoms with Crippen molar-refractivity contribution in [1.29, 1.82) is 0 Å². The molecule has 0 saturated carbocycles. The summed E-state index contributed by atoms with van der Waals surface area (Å²) >= 11 is 0. The Kier molecular flexibility index (Phi) is 3.03. The Labute approximate surface area is 108 Å². The van der Waals surface area contributed by atoms with Gasteiger partial charge < -0.3 is 9.47 Å². The van der Waals surface area contributed by atoms with Crippen molar-refractivity contribution in [2.45, 2.75) is 6.56 Å². The number of benzene rings is 1. The standard InChI is InChI=1S/C14H15NO3/c1-17-10-11-3-8-14(16)15(9-11)12-4-6-13(18-2)7-5-12/h3-9H,10H2,1-2H3/i10D2. The molecule has 1 aromatic heterocycles. The SMILES string of the molecule is [2H]C([2H])(OC)c1ccc(=O)n(-c2ccc(OC)cc2)c1. The lowest BCUT2D eigenvalue weighted by Gasteiger charge is -2.08. The van der Waals surface area contributed by atoms with Crippen LogP contribution in [0.2, 0.25) is 0 Å². The Morgan fingerprint density at radius 2 is 1.89 bits per heavy atom. The highest BCUT2D eigenvalue weighted by molar-refractivity contribution is 5.38. The van der Waals surface area contributed by atoms with E-state index in [4.69, 9.17) is 12.2 Å². The first-order valence-corrected chi connectivity index (χ1v) is 5.41. The minimum absolute atomic E-state index is 0.245. The van der Waals surface area contributed by atoms with Gasteiger partial charge in [-0.25, -0.2) is 0 Å². The predicted octanol–water partition coefficient (Wildman–Crippen LogP) is 1.99. The van der Waals surface area contributed by atoms with Crippen molar-refractivity contribution in [3.63, 3.8) is 0 Å². The van der Waals surface area contributed by atoms with Crippen LogP contribution in [0, 0.1) is 0 Å². The molecule has 0 spiro atoms. The first kappa shape index (κ1) is 9.91. The Balaban J connectivity index is 2.50. The normalized spacial score (nSPS) is 12.8. The predicted molar refractivity (Wildman–Crippen MR) is 69.3 cm³/mol. The van der Waals surface area contributed by atoms with Crippen LogP contribution in [0.25, 0.3) is 5.69 Å². The van der Waals surface area contributed by atoms with Gasteiger partial charge in [-0.1, -0.05) is 0 Å². The average Bonchev–Trinajstić information content (AvgIpc) is 2.47. The molecule has 94 valence electrons. The number of hydrogen-bond donors (Lipinski definition) is 0. The molecule has 0 aliphatic rings. The molecule has 0 bridgehead atoms. The van der Waals surface area contributed by atoms with Gasteiger partial charge in [-0.05, 0) is 35.9 Å². The second kappa shape index (κ2) is 5.51. The van der Waals surface area contributed by atoms with Crippen molar-refractivity contribution < 1.29 is 12.2 Å². The van der Waals surface area contributed by atoms with Crippen molar-refractivity contribution in [2.24, 2.45) is 0 Å². The Hall–Kier alpha value is -2.07. The van der Waals surface area contributed by atoms with Crippen LogP contribution in [0.3, 0.4) is 0 Å². The zero-order chi connectivity index (χ0) is 14.8. The Bertz CT molecular complexity index is 650. The highest BCUT2D eigenvalue weighted by Gasteiger charge is 2.02. The molecule has 4 nitrogen and oxygen atoms in total. The molecule has 0 atom stereocenters. The molecule has 1 aromatic carbocycles. The molecular formula is C14H15NO3. The number of ether oxygens (including phenoxy) is 2. The Morgan fingerprint density at radius 3 is 2.50 bits per heavy atom. The molecule has 0 N–H and O–H groups in total. The smallest absolute Gasteiger partial charge is 0.255 e. The summed E-state index contributed by atoms with van der Waals surface area (Å²) < 4.78 is 26.7. The van der Waals surface area contributed by atoms with Gasteiger partial charge in [-0.3, -0.25) is 9.36 Å². The number of nitrogens with zero attached hydrogens (tertiary/aromatic N) is 1. The molecule has 0 saturated heterocycles. The summed E-state index contributed by atoms with van der Waals surface area (Å²) in [6.45, 7) is -1.94. The van der Waals surface area contributed by atoms with E-state index in [0.29, 0.717) is 11.4 Å². The van der Waals surface area contributed by atoms with Crippen LogP contribution in [0.5, 0.6) is 5.75 Å². The summed E-state index contributed by atoms with van der Waals surface area (Å²) in [7, 11) is 2.84. The van der Waals surface area contributed by atoms with Crippen LogP contribution in [0.1, 0.15) is 8.30 Å². The van der Waals surface area contributed by atoms with Crippen molar-refractivity contribution in [2.75, 3.05) is 14.2 Å². The van der Waals surface area contributed by atoms with Crippen LogP contribution >= 0.6 is 0 Å². The second-order valence-corrected chi connectivity index (χ2v) is 3.63. The lowest BCUT2D eigenvalue weighted by Crippen LogP contribution is -2.17. The molecule has 0 fully saturated rings. The van der Waals surface area contributed by atoms with E-state index in [2.05, 4.69) is 0 Å². The largest absolute Gasteiger partial charge is 0.497 e. The van der Waals surface area contributed by atoms with Gasteiger partial charge in [0.1, 0.15) is 5.75 Å². The van der Waals surface area contributed by atoms with E-state index in [1.54, 1.807) is 31.4 Å². The van der Waals surface area contributed by atoms with Gasteiger partial charge in [0.15, 0.2) is 0 Å². The molecular weight excluding hydrogens is 230 g/mol. The highest BCUT2D eigenvalue weighted by Crippen LogP contribution is 2.14. The van der Waals surface area contributed by atoms with Gasteiger partial charge in [-0.2, -0.15) is 0 Å². The van der Waals surface area contributed by atoms with Crippen molar-refractivity contribution in [1.82, 2.24) is 4.57 Å². The summed E-state index contributed by atoms with van der Waals surface area (Å²) in [5, 5.41) is 0. The zero-order valence-electron chi connectivity index (χ0n) is 12.2. The van der Waals surface area contributed by atoms with Crippen LogP contribution in [-0.2, 0) is 11.3 Å². The molecule has 0 amide bonds. The van der Waals surface area contributed by atoms with Gasteiger partial charge in [0, 0.05) is 25.1 Å². The molecule has 0 unspecified atom stereocenters. The first-order chi connectivity index (χ1) is 9.47. The number of aromatic nitrogens is 1. The summed E-state index contributed by atoms with van der Waals surface area (Å²) in [6.07, 6.45) is 1.44. The molecule has 2 aromatic rings. The van der Waals surface area contributed by atoms with Gasteiger partial charge in [-0.15, -0.1) is 0 Å².